The van der Waals surface area contributed by atoms with Gasteiger partial charge in [-0.2, -0.15) is 0 Å². The van der Waals surface area contributed by atoms with Crippen LogP contribution in [0.25, 0.3) is 0 Å². The largest absolute Gasteiger partial charge is 0.384 e. The van der Waals surface area contributed by atoms with E-state index in [9.17, 15) is 9.59 Å². The number of carbonyl (C=O) groups is 2. The summed E-state index contributed by atoms with van der Waals surface area (Å²) in [5.74, 6) is -0.110. The zero-order valence-corrected chi connectivity index (χ0v) is 19.0. The van der Waals surface area contributed by atoms with Crippen LogP contribution >= 0.6 is 0 Å². The van der Waals surface area contributed by atoms with Gasteiger partial charge in [0.15, 0.2) is 0 Å². The Morgan fingerprint density at radius 1 is 0.912 bits per heavy atom. The molecule has 3 aromatic carbocycles. The molecule has 4 rings (SSSR count). The predicted molar refractivity (Wildman–Crippen MR) is 136 cm³/mol. The molecule has 0 bridgehead atoms. The van der Waals surface area contributed by atoms with Crippen molar-refractivity contribution in [2.75, 3.05) is 22.1 Å². The number of nitrogens with zero attached hydrogens (tertiary/aromatic N) is 1. The Hall–Kier alpha value is -4.13. The molecule has 0 saturated carbocycles. The Morgan fingerprint density at radius 2 is 1.68 bits per heavy atom. The van der Waals surface area contributed by atoms with E-state index >= 15 is 0 Å². The normalized spacial score (nSPS) is 14.7. The second kappa shape index (κ2) is 10.7. The third kappa shape index (κ3) is 5.61. The number of nitrogen functional groups attached to an aromatic ring is 1. The van der Waals surface area contributed by atoms with E-state index < -0.39 is 6.04 Å². The first kappa shape index (κ1) is 23.0. The van der Waals surface area contributed by atoms with E-state index in [2.05, 4.69) is 10.6 Å². The Kier molecular flexibility index (Phi) is 7.22. The van der Waals surface area contributed by atoms with Gasteiger partial charge in [-0.3, -0.25) is 15.0 Å². The summed E-state index contributed by atoms with van der Waals surface area (Å²) in [6.45, 7) is 0.726. The average molecular weight is 456 g/mol. The minimum atomic E-state index is -0.657. The lowest BCUT2D eigenvalue weighted by atomic mass is 10.0. The predicted octanol–water partition coefficient (Wildman–Crippen LogP) is 4.67. The number of amides is 2. The van der Waals surface area contributed by atoms with Crippen LogP contribution in [0.15, 0.2) is 78.9 Å². The molecule has 0 radical (unpaired) electrons. The standard InChI is InChI=1S/C27H29N5O2/c28-26(29)20-10-7-11-22(18-20)30-25(19-8-3-1-4-9-19)27(34)31-21-13-15-23(16-14-21)32-17-6-2-5-12-24(32)33/h1,3-4,7-11,13-16,18,25,30H,2,5-6,12,17H2,(H3,28,29)(H,31,34)/t25-/m0/s1. The summed E-state index contributed by atoms with van der Waals surface area (Å²) in [5, 5.41) is 13.9. The number of hydrogen-bond donors (Lipinski definition) is 4. The highest BCUT2D eigenvalue weighted by Crippen LogP contribution is 2.25. The molecular formula is C27H29N5O2. The van der Waals surface area contributed by atoms with Crippen molar-refractivity contribution in [1.29, 1.82) is 5.41 Å². The Balaban J connectivity index is 1.52. The lowest BCUT2D eigenvalue weighted by molar-refractivity contribution is -0.118. The average Bonchev–Trinajstić information content (AvgIpc) is 3.08. The summed E-state index contributed by atoms with van der Waals surface area (Å²) in [6.07, 6.45) is 3.58. The highest BCUT2D eigenvalue weighted by Gasteiger charge is 2.22. The fraction of sp³-hybridized carbons (Fsp3) is 0.222. The van der Waals surface area contributed by atoms with Gasteiger partial charge in [-0.05, 0) is 54.8 Å². The number of rotatable bonds is 7. The summed E-state index contributed by atoms with van der Waals surface area (Å²) < 4.78 is 0. The maximum absolute atomic E-state index is 13.3. The van der Waals surface area contributed by atoms with Crippen LogP contribution in [0.2, 0.25) is 0 Å². The molecule has 174 valence electrons. The first-order valence-electron chi connectivity index (χ1n) is 11.5. The molecule has 1 atom stereocenters. The van der Waals surface area contributed by atoms with Gasteiger partial charge in [0.25, 0.3) is 5.91 Å². The molecule has 5 N–H and O–H groups in total. The van der Waals surface area contributed by atoms with Crippen molar-refractivity contribution in [3.63, 3.8) is 0 Å². The van der Waals surface area contributed by atoms with E-state index in [1.807, 2.05) is 65.6 Å². The smallest absolute Gasteiger partial charge is 0.251 e. The van der Waals surface area contributed by atoms with Crippen molar-refractivity contribution in [3.8, 4) is 0 Å². The minimum absolute atomic E-state index is 0.0349. The molecule has 34 heavy (non-hydrogen) atoms. The fourth-order valence-electron chi connectivity index (χ4n) is 4.08. The van der Waals surface area contributed by atoms with Crippen molar-refractivity contribution in [2.45, 2.75) is 31.7 Å². The summed E-state index contributed by atoms with van der Waals surface area (Å²) in [7, 11) is 0. The van der Waals surface area contributed by atoms with E-state index in [0.717, 1.165) is 37.1 Å². The van der Waals surface area contributed by atoms with Crippen LogP contribution in [-0.4, -0.2) is 24.2 Å². The van der Waals surface area contributed by atoms with Gasteiger partial charge in [-0.25, -0.2) is 0 Å². The number of benzene rings is 3. The SMILES string of the molecule is N=C(N)c1cccc(N[C@H](C(=O)Nc2ccc(N3CCCCCC3=O)cc2)c2ccccc2)c1. The van der Waals surface area contributed by atoms with Crippen molar-refractivity contribution in [1.82, 2.24) is 0 Å². The van der Waals surface area contributed by atoms with Crippen molar-refractivity contribution in [2.24, 2.45) is 5.73 Å². The van der Waals surface area contributed by atoms with Gasteiger partial charge in [0, 0.05) is 35.6 Å². The van der Waals surface area contributed by atoms with Crippen LogP contribution in [0, 0.1) is 5.41 Å². The molecule has 3 aromatic rings. The highest BCUT2D eigenvalue weighted by atomic mass is 16.2. The molecule has 0 unspecified atom stereocenters. The Labute approximate surface area is 199 Å². The van der Waals surface area contributed by atoms with Crippen LogP contribution in [-0.2, 0) is 9.59 Å². The maximum Gasteiger partial charge on any atom is 0.251 e. The third-order valence-corrected chi connectivity index (χ3v) is 5.90. The summed E-state index contributed by atoms with van der Waals surface area (Å²) in [5.41, 5.74) is 9.19. The van der Waals surface area contributed by atoms with E-state index in [-0.39, 0.29) is 17.6 Å². The van der Waals surface area contributed by atoms with Gasteiger partial charge in [-0.1, -0.05) is 48.9 Å². The van der Waals surface area contributed by atoms with Crippen LogP contribution in [0.5, 0.6) is 0 Å². The van der Waals surface area contributed by atoms with E-state index in [0.29, 0.717) is 23.4 Å². The molecular weight excluding hydrogens is 426 g/mol. The van der Waals surface area contributed by atoms with Crippen LogP contribution in [0.1, 0.15) is 42.9 Å². The number of amidine groups is 1. The van der Waals surface area contributed by atoms with Crippen molar-refractivity contribution in [3.05, 3.63) is 90.0 Å². The van der Waals surface area contributed by atoms with E-state index in [1.165, 1.54) is 0 Å². The quantitative estimate of drug-likeness (QED) is 0.306. The summed E-state index contributed by atoms with van der Waals surface area (Å²) in [4.78, 5) is 27.5. The Bertz CT molecular complexity index is 1160. The zero-order valence-electron chi connectivity index (χ0n) is 19.0. The number of hydrogen-bond acceptors (Lipinski definition) is 4. The topological polar surface area (TPSA) is 111 Å². The first-order valence-corrected chi connectivity index (χ1v) is 11.5. The molecule has 2 amide bonds. The molecule has 0 aromatic heterocycles. The van der Waals surface area contributed by atoms with E-state index in [4.69, 9.17) is 11.1 Å². The van der Waals surface area contributed by atoms with Gasteiger partial charge in [0.1, 0.15) is 11.9 Å². The molecule has 0 aliphatic carbocycles. The molecule has 1 aliphatic heterocycles. The monoisotopic (exact) mass is 455 g/mol. The molecule has 7 nitrogen and oxygen atoms in total. The summed E-state index contributed by atoms with van der Waals surface area (Å²) >= 11 is 0. The maximum atomic E-state index is 13.3. The van der Waals surface area contributed by atoms with Crippen molar-refractivity contribution >= 4 is 34.7 Å². The second-order valence-electron chi connectivity index (χ2n) is 8.37. The number of nitrogens with one attached hydrogen (secondary N) is 3. The molecule has 1 fully saturated rings. The minimum Gasteiger partial charge on any atom is -0.384 e. The summed E-state index contributed by atoms with van der Waals surface area (Å²) in [6, 6.07) is 23.3. The van der Waals surface area contributed by atoms with Gasteiger partial charge in [0.05, 0.1) is 0 Å². The third-order valence-electron chi connectivity index (χ3n) is 5.90. The lowest BCUT2D eigenvalue weighted by Crippen LogP contribution is -2.30. The van der Waals surface area contributed by atoms with E-state index in [1.54, 1.807) is 18.2 Å². The lowest BCUT2D eigenvalue weighted by Gasteiger charge is -2.22. The molecule has 7 heteroatoms. The number of carbonyl (C=O) groups excluding carboxylic acids is 2. The highest BCUT2D eigenvalue weighted by molar-refractivity contribution is 5.99. The van der Waals surface area contributed by atoms with Crippen LogP contribution in [0.4, 0.5) is 17.1 Å². The number of anilines is 3. The van der Waals surface area contributed by atoms with Crippen molar-refractivity contribution < 1.29 is 9.59 Å². The molecule has 1 saturated heterocycles. The van der Waals surface area contributed by atoms with Crippen LogP contribution in [0.3, 0.4) is 0 Å². The first-order chi connectivity index (χ1) is 16.5. The Morgan fingerprint density at radius 3 is 2.41 bits per heavy atom. The second-order valence-corrected chi connectivity index (χ2v) is 8.37. The van der Waals surface area contributed by atoms with Gasteiger partial charge < -0.3 is 21.3 Å². The number of nitrogens with two attached hydrogens (primary N) is 1. The zero-order chi connectivity index (χ0) is 23.9. The fourth-order valence-corrected chi connectivity index (χ4v) is 4.08. The van der Waals surface area contributed by atoms with Gasteiger partial charge >= 0.3 is 0 Å². The van der Waals surface area contributed by atoms with Gasteiger partial charge in [0.2, 0.25) is 5.91 Å². The molecule has 1 heterocycles. The molecule has 1 aliphatic rings. The van der Waals surface area contributed by atoms with Crippen LogP contribution < -0.4 is 21.3 Å². The molecule has 0 spiro atoms. The van der Waals surface area contributed by atoms with Gasteiger partial charge in [-0.15, -0.1) is 0 Å².